The number of aromatic amines is 1. The number of hydrogen-bond acceptors (Lipinski definition) is 4. The molecule has 2 N–H and O–H groups in total. The van der Waals surface area contributed by atoms with Crippen molar-refractivity contribution < 1.29 is 0 Å². The van der Waals surface area contributed by atoms with Gasteiger partial charge in [0.2, 0.25) is 5.95 Å². The average Bonchev–Trinajstić information content (AvgIpc) is 3.19. The Morgan fingerprint density at radius 1 is 1.04 bits per heavy atom. The molecule has 5 nitrogen and oxygen atoms in total. The standard InChI is InChI=1S/C19H23N5/c1-12-6-7-13(2)16(10-12)21-18-15-11-14(3)20-17(15)22-19(23-18)24-8-4-5-9-24/h6-7,10-11H,4-5,8-9H2,1-3H3,(H2,20,21,22,23). The van der Waals surface area contributed by atoms with Crippen LogP contribution in [0.4, 0.5) is 17.5 Å². The van der Waals surface area contributed by atoms with Crippen LogP contribution >= 0.6 is 0 Å². The Kier molecular flexibility index (Phi) is 3.63. The van der Waals surface area contributed by atoms with E-state index in [9.17, 15) is 0 Å². The van der Waals surface area contributed by atoms with Crippen molar-refractivity contribution in [2.24, 2.45) is 0 Å². The number of anilines is 3. The first-order valence-corrected chi connectivity index (χ1v) is 8.57. The molecule has 24 heavy (non-hydrogen) atoms. The number of benzene rings is 1. The number of nitrogens with one attached hydrogen (secondary N) is 2. The minimum atomic E-state index is 0.814. The van der Waals surface area contributed by atoms with Crippen LogP contribution in [0.5, 0.6) is 0 Å². The second-order valence-corrected chi connectivity index (χ2v) is 6.72. The number of H-pyrrole nitrogens is 1. The average molecular weight is 321 g/mol. The van der Waals surface area contributed by atoms with Gasteiger partial charge in [0, 0.05) is 24.5 Å². The lowest BCUT2D eigenvalue weighted by molar-refractivity contribution is 0.906. The van der Waals surface area contributed by atoms with Gasteiger partial charge in [-0.2, -0.15) is 9.97 Å². The van der Waals surface area contributed by atoms with Gasteiger partial charge in [0.25, 0.3) is 0 Å². The molecule has 1 aliphatic heterocycles. The SMILES string of the molecule is Cc1ccc(C)c(Nc2nc(N3CCCC3)nc3[nH]c(C)cc23)c1. The zero-order valence-corrected chi connectivity index (χ0v) is 14.5. The normalized spacial score (nSPS) is 14.5. The Morgan fingerprint density at radius 2 is 1.83 bits per heavy atom. The third-order valence-corrected chi connectivity index (χ3v) is 4.65. The summed E-state index contributed by atoms with van der Waals surface area (Å²) in [6.45, 7) is 8.35. The van der Waals surface area contributed by atoms with Gasteiger partial charge in [-0.3, -0.25) is 0 Å². The molecule has 2 aromatic heterocycles. The maximum atomic E-state index is 4.85. The Morgan fingerprint density at radius 3 is 2.62 bits per heavy atom. The van der Waals surface area contributed by atoms with Crippen LogP contribution in [0.15, 0.2) is 24.3 Å². The molecular weight excluding hydrogens is 298 g/mol. The summed E-state index contributed by atoms with van der Waals surface area (Å²) >= 11 is 0. The number of rotatable bonds is 3. The van der Waals surface area contributed by atoms with Crippen LogP contribution in [0.1, 0.15) is 29.7 Å². The van der Waals surface area contributed by atoms with Crippen molar-refractivity contribution in [2.75, 3.05) is 23.3 Å². The van der Waals surface area contributed by atoms with Crippen molar-refractivity contribution in [3.8, 4) is 0 Å². The summed E-state index contributed by atoms with van der Waals surface area (Å²) in [5.74, 6) is 1.69. The number of aromatic nitrogens is 3. The molecule has 0 radical (unpaired) electrons. The predicted octanol–water partition coefficient (Wildman–Crippen LogP) is 4.23. The van der Waals surface area contributed by atoms with Crippen molar-refractivity contribution in [1.29, 1.82) is 0 Å². The smallest absolute Gasteiger partial charge is 0.229 e. The number of fused-ring (bicyclic) bond motifs is 1. The highest BCUT2D eigenvalue weighted by Gasteiger charge is 2.18. The van der Waals surface area contributed by atoms with Crippen molar-refractivity contribution in [3.63, 3.8) is 0 Å². The summed E-state index contributed by atoms with van der Waals surface area (Å²) in [4.78, 5) is 15.2. The zero-order valence-electron chi connectivity index (χ0n) is 14.5. The van der Waals surface area contributed by atoms with Gasteiger partial charge in [-0.15, -0.1) is 0 Å². The molecule has 1 saturated heterocycles. The second kappa shape index (κ2) is 5.82. The lowest BCUT2D eigenvalue weighted by Crippen LogP contribution is -2.20. The molecular formula is C19H23N5. The molecule has 0 atom stereocenters. The molecule has 0 aliphatic carbocycles. The van der Waals surface area contributed by atoms with E-state index in [1.165, 1.54) is 24.0 Å². The molecule has 0 saturated carbocycles. The van der Waals surface area contributed by atoms with Gasteiger partial charge in [-0.1, -0.05) is 12.1 Å². The van der Waals surface area contributed by atoms with E-state index in [4.69, 9.17) is 9.97 Å². The van der Waals surface area contributed by atoms with E-state index in [0.717, 1.165) is 47.3 Å². The van der Waals surface area contributed by atoms with E-state index in [1.54, 1.807) is 0 Å². The van der Waals surface area contributed by atoms with Crippen LogP contribution in [0.25, 0.3) is 11.0 Å². The zero-order chi connectivity index (χ0) is 16.7. The predicted molar refractivity (Wildman–Crippen MR) is 99.3 cm³/mol. The molecule has 3 aromatic rings. The van der Waals surface area contributed by atoms with Crippen molar-refractivity contribution in [3.05, 3.63) is 41.1 Å². The monoisotopic (exact) mass is 321 g/mol. The third-order valence-electron chi connectivity index (χ3n) is 4.65. The minimum absolute atomic E-state index is 0.814. The van der Waals surface area contributed by atoms with Crippen molar-refractivity contribution in [2.45, 2.75) is 33.6 Å². The fourth-order valence-electron chi connectivity index (χ4n) is 3.28. The maximum absolute atomic E-state index is 4.85. The van der Waals surface area contributed by atoms with Crippen LogP contribution < -0.4 is 10.2 Å². The highest BCUT2D eigenvalue weighted by molar-refractivity contribution is 5.91. The number of hydrogen-bond donors (Lipinski definition) is 2. The summed E-state index contributed by atoms with van der Waals surface area (Å²) in [7, 11) is 0. The first-order chi connectivity index (χ1) is 11.6. The number of nitrogens with zero attached hydrogens (tertiary/aromatic N) is 3. The van der Waals surface area contributed by atoms with Gasteiger partial charge in [0.05, 0.1) is 5.39 Å². The molecule has 4 rings (SSSR count). The maximum Gasteiger partial charge on any atom is 0.229 e. The Hall–Kier alpha value is -2.56. The van der Waals surface area contributed by atoms with Gasteiger partial charge >= 0.3 is 0 Å². The Labute approximate surface area is 142 Å². The fraction of sp³-hybridized carbons (Fsp3) is 0.368. The number of aryl methyl sites for hydroxylation is 3. The largest absolute Gasteiger partial charge is 0.343 e. The summed E-state index contributed by atoms with van der Waals surface area (Å²) in [5.41, 5.74) is 5.54. The van der Waals surface area contributed by atoms with Gasteiger partial charge in [-0.25, -0.2) is 0 Å². The fourth-order valence-corrected chi connectivity index (χ4v) is 3.28. The summed E-state index contributed by atoms with van der Waals surface area (Å²) in [5, 5.41) is 4.57. The molecule has 3 heterocycles. The first kappa shape index (κ1) is 15.0. The van der Waals surface area contributed by atoms with Gasteiger partial charge in [-0.05, 0) is 56.9 Å². The topological polar surface area (TPSA) is 56.8 Å². The van der Waals surface area contributed by atoms with Crippen LogP contribution in [0.2, 0.25) is 0 Å². The summed E-state index contributed by atoms with van der Waals surface area (Å²) < 4.78 is 0. The summed E-state index contributed by atoms with van der Waals surface area (Å²) in [6, 6.07) is 8.54. The van der Waals surface area contributed by atoms with Crippen LogP contribution in [-0.4, -0.2) is 28.0 Å². The van der Waals surface area contributed by atoms with E-state index in [2.05, 4.69) is 60.2 Å². The lowest BCUT2D eigenvalue weighted by atomic mass is 10.1. The molecule has 5 heteroatoms. The lowest BCUT2D eigenvalue weighted by Gasteiger charge is -2.17. The van der Waals surface area contributed by atoms with E-state index in [1.807, 2.05) is 0 Å². The Balaban J connectivity index is 1.81. The first-order valence-electron chi connectivity index (χ1n) is 8.57. The van der Waals surface area contributed by atoms with Crippen molar-refractivity contribution in [1.82, 2.24) is 15.0 Å². The summed E-state index contributed by atoms with van der Waals surface area (Å²) in [6.07, 6.45) is 2.43. The highest BCUT2D eigenvalue weighted by Crippen LogP contribution is 2.29. The van der Waals surface area contributed by atoms with E-state index < -0.39 is 0 Å². The minimum Gasteiger partial charge on any atom is -0.343 e. The van der Waals surface area contributed by atoms with E-state index in [-0.39, 0.29) is 0 Å². The van der Waals surface area contributed by atoms with Crippen LogP contribution in [0.3, 0.4) is 0 Å². The molecule has 0 unspecified atom stereocenters. The highest BCUT2D eigenvalue weighted by atomic mass is 15.3. The quantitative estimate of drug-likeness (QED) is 0.758. The van der Waals surface area contributed by atoms with Gasteiger partial charge < -0.3 is 15.2 Å². The van der Waals surface area contributed by atoms with Crippen molar-refractivity contribution >= 4 is 28.5 Å². The Bertz CT molecular complexity index is 890. The molecule has 0 amide bonds. The second-order valence-electron chi connectivity index (χ2n) is 6.72. The van der Waals surface area contributed by atoms with Gasteiger partial charge in [0.15, 0.2) is 0 Å². The molecule has 1 fully saturated rings. The van der Waals surface area contributed by atoms with Crippen LogP contribution in [-0.2, 0) is 0 Å². The molecule has 124 valence electrons. The van der Waals surface area contributed by atoms with E-state index in [0.29, 0.717) is 0 Å². The molecule has 0 spiro atoms. The van der Waals surface area contributed by atoms with Crippen LogP contribution in [0, 0.1) is 20.8 Å². The molecule has 1 aromatic carbocycles. The molecule has 1 aliphatic rings. The third kappa shape index (κ3) is 2.70. The van der Waals surface area contributed by atoms with Gasteiger partial charge in [0.1, 0.15) is 11.5 Å². The molecule has 0 bridgehead atoms. The van der Waals surface area contributed by atoms with E-state index >= 15 is 0 Å².